The van der Waals surface area contributed by atoms with Crippen LogP contribution in [-0.2, 0) is 0 Å². The van der Waals surface area contributed by atoms with Crippen LogP contribution >= 0.6 is 0 Å². The van der Waals surface area contributed by atoms with Gasteiger partial charge < -0.3 is 10.6 Å². The van der Waals surface area contributed by atoms with Crippen molar-refractivity contribution in [3.05, 3.63) is 77.2 Å². The van der Waals surface area contributed by atoms with Crippen molar-refractivity contribution in [2.45, 2.75) is 26.7 Å². The van der Waals surface area contributed by atoms with Crippen molar-refractivity contribution in [2.75, 3.05) is 10.6 Å². The number of para-hydroxylation sites is 1. The molecule has 0 aliphatic heterocycles. The summed E-state index contributed by atoms with van der Waals surface area (Å²) in [5.74, 6) is 1.02. The molecule has 0 fully saturated rings. The first-order valence-electron chi connectivity index (χ1n) is 8.99. The zero-order valence-corrected chi connectivity index (χ0v) is 16.0. The van der Waals surface area contributed by atoms with Crippen molar-refractivity contribution in [3.63, 3.8) is 0 Å². The quantitative estimate of drug-likeness (QED) is 0.674. The topological polar surface area (TPSA) is 90.7 Å². The molecular formula is C22H21N5O. The van der Waals surface area contributed by atoms with Crippen LogP contribution in [0.25, 0.3) is 0 Å². The summed E-state index contributed by atoms with van der Waals surface area (Å²) < 4.78 is 0. The van der Waals surface area contributed by atoms with Gasteiger partial charge in [0.1, 0.15) is 23.4 Å². The molecule has 0 aliphatic carbocycles. The molecular weight excluding hydrogens is 350 g/mol. The van der Waals surface area contributed by atoms with Gasteiger partial charge >= 0.3 is 0 Å². The molecule has 0 bridgehead atoms. The molecule has 0 atom stereocenters. The number of carbonyl (C=O) groups excluding carboxylic acids is 1. The van der Waals surface area contributed by atoms with Gasteiger partial charge in [-0.25, -0.2) is 9.97 Å². The van der Waals surface area contributed by atoms with Gasteiger partial charge in [-0.05, 0) is 42.7 Å². The number of rotatable bonds is 5. The number of hydrogen-bond donors (Lipinski definition) is 2. The Kier molecular flexibility index (Phi) is 5.66. The summed E-state index contributed by atoms with van der Waals surface area (Å²) in [6, 6.07) is 18.6. The third-order valence-electron chi connectivity index (χ3n) is 4.22. The minimum absolute atomic E-state index is 0.248. The van der Waals surface area contributed by atoms with E-state index in [1.54, 1.807) is 31.2 Å². The number of anilines is 3. The number of aryl methyl sites for hydroxylation is 1. The van der Waals surface area contributed by atoms with E-state index in [9.17, 15) is 10.1 Å². The minimum atomic E-state index is -0.320. The monoisotopic (exact) mass is 371 g/mol. The lowest BCUT2D eigenvalue weighted by molar-refractivity contribution is 0.102. The Morgan fingerprint density at radius 3 is 2.46 bits per heavy atom. The van der Waals surface area contributed by atoms with Crippen LogP contribution in [0.2, 0.25) is 0 Å². The lowest BCUT2D eigenvalue weighted by Crippen LogP contribution is -2.15. The first kappa shape index (κ1) is 19.1. The second-order valence-electron chi connectivity index (χ2n) is 6.70. The van der Waals surface area contributed by atoms with Gasteiger partial charge in [0, 0.05) is 11.8 Å². The van der Waals surface area contributed by atoms with Crippen molar-refractivity contribution in [3.8, 4) is 6.07 Å². The molecule has 2 N–H and O–H groups in total. The zero-order valence-electron chi connectivity index (χ0n) is 16.0. The Bertz CT molecular complexity index is 1040. The van der Waals surface area contributed by atoms with Gasteiger partial charge in [-0.15, -0.1) is 0 Å². The number of aromatic nitrogens is 2. The number of nitrogens with zero attached hydrogens (tertiary/aromatic N) is 3. The van der Waals surface area contributed by atoms with Crippen LogP contribution < -0.4 is 10.6 Å². The number of amides is 1. The standard InChI is InChI=1S/C22H21N5O/c1-14(2)16-8-10-18(11-9-16)26-22(28)20-12-21(25-15(3)24-20)27-19-7-5-4-6-17(19)13-23/h4-12,14H,1-3H3,(H,26,28)(H,24,25,27). The molecule has 1 aromatic heterocycles. The number of hydrogen-bond acceptors (Lipinski definition) is 5. The lowest BCUT2D eigenvalue weighted by Gasteiger charge is -2.11. The van der Waals surface area contributed by atoms with E-state index in [-0.39, 0.29) is 11.6 Å². The van der Waals surface area contributed by atoms with E-state index in [1.807, 2.05) is 30.3 Å². The summed E-state index contributed by atoms with van der Waals surface area (Å²) in [5, 5.41) is 15.2. The molecule has 0 spiro atoms. The lowest BCUT2D eigenvalue weighted by atomic mass is 10.0. The van der Waals surface area contributed by atoms with Gasteiger partial charge in [0.2, 0.25) is 0 Å². The number of carbonyl (C=O) groups is 1. The van der Waals surface area contributed by atoms with E-state index in [1.165, 1.54) is 5.56 Å². The summed E-state index contributed by atoms with van der Waals surface area (Å²) in [5.41, 5.74) is 3.28. The molecule has 140 valence electrons. The Labute approximate surface area is 164 Å². The highest BCUT2D eigenvalue weighted by Crippen LogP contribution is 2.21. The highest BCUT2D eigenvalue weighted by Gasteiger charge is 2.12. The fraction of sp³-hybridized carbons (Fsp3) is 0.182. The van der Waals surface area contributed by atoms with Crippen molar-refractivity contribution >= 4 is 23.1 Å². The normalized spacial score (nSPS) is 10.4. The van der Waals surface area contributed by atoms with E-state index in [2.05, 4.69) is 40.5 Å². The molecule has 2 aromatic carbocycles. The van der Waals surface area contributed by atoms with Crippen LogP contribution in [0.4, 0.5) is 17.2 Å². The Balaban J connectivity index is 1.80. The molecule has 0 saturated carbocycles. The van der Waals surface area contributed by atoms with Gasteiger partial charge in [-0.2, -0.15) is 5.26 Å². The SMILES string of the molecule is Cc1nc(Nc2ccccc2C#N)cc(C(=O)Nc2ccc(C(C)C)cc2)n1. The maximum atomic E-state index is 12.6. The molecule has 3 rings (SSSR count). The molecule has 0 saturated heterocycles. The maximum absolute atomic E-state index is 12.6. The fourth-order valence-corrected chi connectivity index (χ4v) is 2.72. The van der Waals surface area contributed by atoms with Crippen molar-refractivity contribution in [1.82, 2.24) is 9.97 Å². The van der Waals surface area contributed by atoms with Gasteiger partial charge in [0.25, 0.3) is 5.91 Å². The molecule has 1 heterocycles. The molecule has 6 heteroatoms. The first-order valence-corrected chi connectivity index (χ1v) is 8.99. The first-order chi connectivity index (χ1) is 13.5. The molecule has 3 aromatic rings. The average Bonchev–Trinajstić information content (AvgIpc) is 2.68. The maximum Gasteiger partial charge on any atom is 0.274 e. The highest BCUT2D eigenvalue weighted by atomic mass is 16.1. The van der Waals surface area contributed by atoms with Gasteiger partial charge in [0.15, 0.2) is 0 Å². The van der Waals surface area contributed by atoms with E-state index < -0.39 is 0 Å². The largest absolute Gasteiger partial charge is 0.339 e. The third kappa shape index (κ3) is 4.51. The summed E-state index contributed by atoms with van der Waals surface area (Å²) in [4.78, 5) is 21.2. The summed E-state index contributed by atoms with van der Waals surface area (Å²) in [6.45, 7) is 5.96. The van der Waals surface area contributed by atoms with Crippen LogP contribution in [0.1, 0.15) is 47.2 Å². The van der Waals surface area contributed by atoms with E-state index in [0.717, 1.165) is 0 Å². The van der Waals surface area contributed by atoms with Gasteiger partial charge in [-0.3, -0.25) is 4.79 Å². The Morgan fingerprint density at radius 2 is 1.79 bits per heavy atom. The van der Waals surface area contributed by atoms with E-state index in [0.29, 0.717) is 34.5 Å². The third-order valence-corrected chi connectivity index (χ3v) is 4.22. The van der Waals surface area contributed by atoms with Crippen LogP contribution in [-0.4, -0.2) is 15.9 Å². The number of nitrogens with one attached hydrogen (secondary N) is 2. The summed E-state index contributed by atoms with van der Waals surface area (Å²) >= 11 is 0. The molecule has 0 radical (unpaired) electrons. The summed E-state index contributed by atoms with van der Waals surface area (Å²) in [6.07, 6.45) is 0. The van der Waals surface area contributed by atoms with Crippen molar-refractivity contribution in [2.24, 2.45) is 0 Å². The molecule has 28 heavy (non-hydrogen) atoms. The van der Waals surface area contributed by atoms with Crippen LogP contribution in [0.3, 0.4) is 0 Å². The molecule has 0 aliphatic rings. The molecule has 1 amide bonds. The van der Waals surface area contributed by atoms with E-state index >= 15 is 0 Å². The average molecular weight is 371 g/mol. The second-order valence-corrected chi connectivity index (χ2v) is 6.70. The van der Waals surface area contributed by atoms with Crippen molar-refractivity contribution < 1.29 is 4.79 Å². The second kappa shape index (κ2) is 8.31. The summed E-state index contributed by atoms with van der Waals surface area (Å²) in [7, 11) is 0. The van der Waals surface area contributed by atoms with Crippen LogP contribution in [0.5, 0.6) is 0 Å². The Hall–Kier alpha value is -3.72. The van der Waals surface area contributed by atoms with Crippen LogP contribution in [0, 0.1) is 18.3 Å². The predicted molar refractivity (Wildman–Crippen MR) is 110 cm³/mol. The minimum Gasteiger partial charge on any atom is -0.339 e. The molecule has 0 unspecified atom stereocenters. The predicted octanol–water partition coefficient (Wildman–Crippen LogP) is 4.78. The smallest absolute Gasteiger partial charge is 0.274 e. The fourth-order valence-electron chi connectivity index (χ4n) is 2.72. The number of benzene rings is 2. The van der Waals surface area contributed by atoms with E-state index in [4.69, 9.17) is 0 Å². The van der Waals surface area contributed by atoms with Gasteiger partial charge in [0.05, 0.1) is 11.3 Å². The number of nitriles is 1. The van der Waals surface area contributed by atoms with Crippen molar-refractivity contribution in [1.29, 1.82) is 5.26 Å². The Morgan fingerprint density at radius 1 is 1.07 bits per heavy atom. The molecule has 6 nitrogen and oxygen atoms in total. The van der Waals surface area contributed by atoms with Crippen LogP contribution in [0.15, 0.2) is 54.6 Å². The highest BCUT2D eigenvalue weighted by molar-refractivity contribution is 6.03. The zero-order chi connectivity index (χ0) is 20.1. The van der Waals surface area contributed by atoms with Gasteiger partial charge in [-0.1, -0.05) is 38.1 Å².